The Morgan fingerprint density at radius 2 is 1.92 bits per heavy atom. The van der Waals surface area contributed by atoms with Gasteiger partial charge >= 0.3 is 0 Å². The number of pyridine rings is 3. The molecule has 1 aliphatic heterocycles. The van der Waals surface area contributed by atoms with Gasteiger partial charge in [0.25, 0.3) is 12.3 Å². The number of carbonyl (C=O) groups is 1. The number of hydrogen-bond donors (Lipinski definition) is 2. The molecule has 1 fully saturated rings. The van der Waals surface area contributed by atoms with E-state index in [2.05, 4.69) is 42.6 Å². The smallest absolute Gasteiger partial charge is 0.280 e. The number of amides is 1. The van der Waals surface area contributed by atoms with Gasteiger partial charge < -0.3 is 9.47 Å². The lowest BCUT2D eigenvalue weighted by atomic mass is 9.98. The van der Waals surface area contributed by atoms with Crippen molar-refractivity contribution >= 4 is 22.8 Å². The molecule has 9 nitrogen and oxygen atoms in total. The minimum atomic E-state index is -2.81. The number of nitrogens with one attached hydrogen (secondary N) is 2. The van der Waals surface area contributed by atoms with Crippen molar-refractivity contribution in [1.82, 2.24) is 25.7 Å². The van der Waals surface area contributed by atoms with Gasteiger partial charge in [0.05, 0.1) is 37.9 Å². The number of ether oxygens (including phenoxy) is 2. The number of carbonyl (C=O) groups excluding carboxylic acids is 1. The Kier molecular flexibility index (Phi) is 7.37. The fourth-order valence-electron chi connectivity index (χ4n) is 3.63. The lowest BCUT2D eigenvalue weighted by Crippen LogP contribution is -2.28. The number of hydrazone groups is 1. The van der Waals surface area contributed by atoms with Crippen molar-refractivity contribution in [3.8, 4) is 45.7 Å². The molecule has 1 aliphatic carbocycles. The maximum Gasteiger partial charge on any atom is 0.280 e. The molecule has 1 atom stereocenters. The number of hydrogen-bond acceptors (Lipinski definition) is 9. The molecule has 0 aromatic carbocycles. The number of amidine groups is 1. The van der Waals surface area contributed by atoms with E-state index in [9.17, 15) is 13.6 Å². The zero-order valence-corrected chi connectivity index (χ0v) is 21.2. The standard InChI is InChI=1S/C26H22F2N6O3S/c1-36-16-7-15(10-29-11-16)20-8-17(18-9-21(24(27)28)31-13-22(18)37-2)19(12-30-20)25(35)32-26-34-33-23(38-26)6-5-14-3-4-14/h7-14,23-24,33H,3-4H2,1-2H3,(H,32,34,35). The highest BCUT2D eigenvalue weighted by Crippen LogP contribution is 2.36. The molecular weight excluding hydrogens is 514 g/mol. The third-order valence-corrected chi connectivity index (χ3v) is 6.62. The summed E-state index contributed by atoms with van der Waals surface area (Å²) in [6.45, 7) is 0. The molecular formula is C26H22F2N6O3S. The molecule has 38 heavy (non-hydrogen) atoms. The molecule has 4 heterocycles. The van der Waals surface area contributed by atoms with E-state index in [-0.39, 0.29) is 22.3 Å². The van der Waals surface area contributed by atoms with E-state index >= 15 is 0 Å². The fourth-order valence-corrected chi connectivity index (χ4v) is 4.34. The van der Waals surface area contributed by atoms with Crippen molar-refractivity contribution in [2.24, 2.45) is 11.0 Å². The van der Waals surface area contributed by atoms with E-state index < -0.39 is 18.0 Å². The van der Waals surface area contributed by atoms with Gasteiger partial charge in [-0.25, -0.2) is 8.78 Å². The summed E-state index contributed by atoms with van der Waals surface area (Å²) in [6, 6.07) is 4.55. The molecule has 0 spiro atoms. The molecule has 0 radical (unpaired) electrons. The molecule has 2 N–H and O–H groups in total. The van der Waals surface area contributed by atoms with Gasteiger partial charge in [-0.15, -0.1) is 0 Å². The third kappa shape index (κ3) is 5.68. The molecule has 2 aliphatic rings. The van der Waals surface area contributed by atoms with Crippen LogP contribution in [0.2, 0.25) is 0 Å². The highest BCUT2D eigenvalue weighted by atomic mass is 32.2. The Balaban J connectivity index is 1.52. The highest BCUT2D eigenvalue weighted by Gasteiger charge is 2.25. The molecule has 194 valence electrons. The Morgan fingerprint density at radius 1 is 1.08 bits per heavy atom. The molecule has 5 rings (SSSR count). The summed E-state index contributed by atoms with van der Waals surface area (Å²) >= 11 is 1.28. The molecule has 3 aromatic rings. The van der Waals surface area contributed by atoms with E-state index in [0.717, 1.165) is 12.8 Å². The van der Waals surface area contributed by atoms with Crippen LogP contribution in [0.3, 0.4) is 0 Å². The predicted molar refractivity (Wildman–Crippen MR) is 139 cm³/mol. The topological polar surface area (TPSA) is 111 Å². The Labute approximate surface area is 221 Å². The van der Waals surface area contributed by atoms with Gasteiger partial charge in [-0.05, 0) is 42.8 Å². The molecule has 1 unspecified atom stereocenters. The van der Waals surface area contributed by atoms with Crippen molar-refractivity contribution < 1.29 is 23.0 Å². The van der Waals surface area contributed by atoms with Crippen LogP contribution >= 0.6 is 11.8 Å². The molecule has 12 heteroatoms. The number of halogens is 2. The second kappa shape index (κ2) is 11.0. The number of aromatic nitrogens is 3. The largest absolute Gasteiger partial charge is 0.495 e. The third-order valence-electron chi connectivity index (χ3n) is 5.74. The number of rotatable bonds is 6. The van der Waals surface area contributed by atoms with Crippen LogP contribution in [-0.4, -0.2) is 45.6 Å². The lowest BCUT2D eigenvalue weighted by Gasteiger charge is -2.15. The maximum absolute atomic E-state index is 13.6. The van der Waals surface area contributed by atoms with Crippen LogP contribution in [0.15, 0.2) is 48.1 Å². The van der Waals surface area contributed by atoms with Gasteiger partial charge in [0.1, 0.15) is 17.2 Å². The number of alkyl halides is 2. The quantitative estimate of drug-likeness (QED) is 0.451. The van der Waals surface area contributed by atoms with Crippen molar-refractivity contribution in [1.29, 1.82) is 0 Å². The van der Waals surface area contributed by atoms with Crippen LogP contribution in [0.25, 0.3) is 22.4 Å². The number of thioether (sulfide) groups is 1. The SMILES string of the molecule is COc1cncc(-c2cc(-c3cc(C(F)F)ncc3OC)c(C(=O)NC3=NNC(C#CC4CC4)S3)cn2)c1. The number of nitrogens with zero attached hydrogens (tertiary/aromatic N) is 4. The van der Waals surface area contributed by atoms with Crippen molar-refractivity contribution in [3.05, 3.63) is 54.2 Å². The van der Waals surface area contributed by atoms with E-state index in [4.69, 9.17) is 9.47 Å². The first kappa shape index (κ1) is 25.4. The molecule has 3 aromatic heterocycles. The van der Waals surface area contributed by atoms with E-state index in [0.29, 0.717) is 33.7 Å². The summed E-state index contributed by atoms with van der Waals surface area (Å²) in [5.41, 5.74) is 4.20. The highest BCUT2D eigenvalue weighted by molar-refractivity contribution is 8.14. The van der Waals surface area contributed by atoms with E-state index in [1.807, 2.05) is 0 Å². The zero-order valence-electron chi connectivity index (χ0n) is 20.4. The summed E-state index contributed by atoms with van der Waals surface area (Å²) in [5, 5.41) is 6.99. The average Bonchev–Trinajstić information content (AvgIpc) is 3.68. The van der Waals surface area contributed by atoms with Gasteiger partial charge in [-0.1, -0.05) is 11.8 Å². The van der Waals surface area contributed by atoms with Crippen LogP contribution in [0.5, 0.6) is 11.5 Å². The number of methoxy groups -OCH3 is 2. The van der Waals surface area contributed by atoms with Gasteiger partial charge in [0.2, 0.25) is 0 Å². The molecule has 0 bridgehead atoms. The van der Waals surface area contributed by atoms with Gasteiger partial charge in [-0.2, -0.15) is 5.10 Å². The Morgan fingerprint density at radius 3 is 2.66 bits per heavy atom. The van der Waals surface area contributed by atoms with Crippen LogP contribution in [-0.2, 0) is 0 Å². The first-order valence-electron chi connectivity index (χ1n) is 11.6. The monoisotopic (exact) mass is 536 g/mol. The van der Waals surface area contributed by atoms with Crippen LogP contribution < -0.4 is 20.2 Å². The first-order valence-corrected chi connectivity index (χ1v) is 12.5. The van der Waals surface area contributed by atoms with Crippen LogP contribution in [0.4, 0.5) is 8.78 Å². The molecule has 1 amide bonds. The fraction of sp³-hybridized carbons (Fsp3) is 0.269. The Bertz CT molecular complexity index is 1470. The van der Waals surface area contributed by atoms with Crippen molar-refractivity contribution in [2.75, 3.05) is 14.2 Å². The summed E-state index contributed by atoms with van der Waals surface area (Å²) in [5.74, 6) is 6.92. The second-order valence-corrected chi connectivity index (χ2v) is 9.49. The van der Waals surface area contributed by atoms with Crippen LogP contribution in [0, 0.1) is 17.8 Å². The first-order chi connectivity index (χ1) is 18.4. The average molecular weight is 537 g/mol. The zero-order chi connectivity index (χ0) is 26.6. The minimum Gasteiger partial charge on any atom is -0.495 e. The predicted octanol–water partition coefficient (Wildman–Crippen LogP) is 4.24. The van der Waals surface area contributed by atoms with E-state index in [1.54, 1.807) is 24.5 Å². The summed E-state index contributed by atoms with van der Waals surface area (Å²) in [4.78, 5) is 25.8. The summed E-state index contributed by atoms with van der Waals surface area (Å²) < 4.78 is 37.8. The van der Waals surface area contributed by atoms with Gasteiger partial charge in [0, 0.05) is 35.0 Å². The molecule has 0 saturated heterocycles. The maximum atomic E-state index is 13.6. The van der Waals surface area contributed by atoms with Crippen LogP contribution in [0.1, 0.15) is 35.3 Å². The summed E-state index contributed by atoms with van der Waals surface area (Å²) in [6.07, 6.45) is 5.11. The summed E-state index contributed by atoms with van der Waals surface area (Å²) in [7, 11) is 2.91. The van der Waals surface area contributed by atoms with Crippen molar-refractivity contribution in [3.63, 3.8) is 0 Å². The normalized spacial score (nSPS) is 16.2. The van der Waals surface area contributed by atoms with Gasteiger partial charge in [-0.3, -0.25) is 30.5 Å². The minimum absolute atomic E-state index is 0.130. The molecule has 1 saturated carbocycles. The second-order valence-electron chi connectivity index (χ2n) is 8.40. The van der Waals surface area contributed by atoms with Crippen molar-refractivity contribution in [2.45, 2.75) is 24.6 Å². The van der Waals surface area contributed by atoms with E-state index in [1.165, 1.54) is 44.4 Å². The van der Waals surface area contributed by atoms with Gasteiger partial charge in [0.15, 0.2) is 10.5 Å². The Hall–Kier alpha value is -4.24. The lowest BCUT2D eigenvalue weighted by molar-refractivity contribution is 0.0978.